The van der Waals surface area contributed by atoms with Crippen molar-refractivity contribution in [2.45, 2.75) is 13.3 Å². The molecule has 24 heavy (non-hydrogen) atoms. The number of ether oxygens (including phenoxy) is 1. The molecule has 3 rings (SSSR count). The smallest absolute Gasteiger partial charge is 0.311 e. The summed E-state index contributed by atoms with van der Waals surface area (Å²) in [6, 6.07) is 10.4. The van der Waals surface area contributed by atoms with Crippen molar-refractivity contribution in [2.75, 3.05) is 7.11 Å². The van der Waals surface area contributed by atoms with Crippen molar-refractivity contribution in [1.82, 2.24) is 9.38 Å². The van der Waals surface area contributed by atoms with Crippen molar-refractivity contribution in [3.63, 3.8) is 0 Å². The molecule has 1 N–H and O–H groups in total. The van der Waals surface area contributed by atoms with E-state index >= 15 is 0 Å². The van der Waals surface area contributed by atoms with Gasteiger partial charge in [-0.15, -0.1) is 10.2 Å². The van der Waals surface area contributed by atoms with E-state index in [1.54, 1.807) is 22.6 Å². The highest BCUT2D eigenvalue weighted by atomic mass is 16.5. The lowest BCUT2D eigenvalue weighted by molar-refractivity contribution is -0.139. The zero-order chi connectivity index (χ0) is 17.1. The van der Waals surface area contributed by atoms with Gasteiger partial charge in [0.1, 0.15) is 17.1 Å². The molecule has 0 atom stereocenters. The monoisotopic (exact) mass is 324 g/mol. The van der Waals surface area contributed by atoms with E-state index in [9.17, 15) is 9.90 Å². The third-order valence-corrected chi connectivity index (χ3v) is 3.48. The van der Waals surface area contributed by atoms with E-state index in [1.165, 1.54) is 13.2 Å². The molecule has 0 spiro atoms. The van der Waals surface area contributed by atoms with Gasteiger partial charge in [-0.2, -0.15) is 0 Å². The van der Waals surface area contributed by atoms with Gasteiger partial charge in [0.05, 0.1) is 19.2 Å². The number of rotatable bonds is 4. The fourth-order valence-electron chi connectivity index (χ4n) is 2.27. The van der Waals surface area contributed by atoms with E-state index < -0.39 is 5.97 Å². The maximum Gasteiger partial charge on any atom is 0.311 e. The molecule has 0 fully saturated rings. The summed E-state index contributed by atoms with van der Waals surface area (Å²) in [6.45, 7) is 1.95. The third-order valence-electron chi connectivity index (χ3n) is 3.48. The molecule has 1 aromatic carbocycles. The van der Waals surface area contributed by atoms with Gasteiger partial charge in [-0.25, -0.2) is 4.98 Å². The molecule has 0 aliphatic heterocycles. The van der Waals surface area contributed by atoms with E-state index in [1.807, 2.05) is 25.3 Å². The Balaban J connectivity index is 2.09. The summed E-state index contributed by atoms with van der Waals surface area (Å²) in [6.07, 6.45) is 1.86. The number of nitrogens with zero attached hydrogens (tertiary/aromatic N) is 4. The summed E-state index contributed by atoms with van der Waals surface area (Å²) in [5.74, 6) is 0.0530. The van der Waals surface area contributed by atoms with Crippen LogP contribution in [0, 0.1) is 6.92 Å². The van der Waals surface area contributed by atoms with Crippen LogP contribution in [0.2, 0.25) is 0 Å². The first-order chi connectivity index (χ1) is 11.6. The second kappa shape index (κ2) is 6.49. The minimum Gasteiger partial charge on any atom is -0.506 e. The number of aromatic nitrogens is 2. The Kier molecular flexibility index (Phi) is 4.24. The number of aromatic hydroxyl groups is 1. The number of phenols is 1. The molecule has 2 heterocycles. The first-order valence-corrected chi connectivity index (χ1v) is 7.32. The summed E-state index contributed by atoms with van der Waals surface area (Å²) < 4.78 is 6.47. The Morgan fingerprint density at radius 3 is 2.79 bits per heavy atom. The number of pyridine rings is 1. The van der Waals surface area contributed by atoms with Crippen LogP contribution in [0.1, 0.15) is 11.3 Å². The molecule has 122 valence electrons. The Morgan fingerprint density at radius 1 is 1.25 bits per heavy atom. The average molecular weight is 324 g/mol. The highest BCUT2D eigenvalue weighted by Crippen LogP contribution is 2.29. The zero-order valence-electron chi connectivity index (χ0n) is 13.3. The molecular weight excluding hydrogens is 308 g/mol. The number of benzene rings is 1. The zero-order valence-corrected chi connectivity index (χ0v) is 13.3. The predicted octanol–water partition coefficient (Wildman–Crippen LogP) is 3.48. The van der Waals surface area contributed by atoms with E-state index in [-0.39, 0.29) is 12.2 Å². The molecule has 2 aromatic heterocycles. The first kappa shape index (κ1) is 15.7. The Hall–Kier alpha value is -3.22. The van der Waals surface area contributed by atoms with Gasteiger partial charge in [-0.05, 0) is 30.7 Å². The van der Waals surface area contributed by atoms with E-state index in [2.05, 4.69) is 15.2 Å². The predicted molar refractivity (Wildman–Crippen MR) is 87.9 cm³/mol. The Labute approximate surface area is 138 Å². The van der Waals surface area contributed by atoms with Crippen LogP contribution < -0.4 is 0 Å². The molecule has 0 amide bonds. The number of esters is 1. The fraction of sp³-hybridized carbons (Fsp3) is 0.176. The molecule has 0 bridgehead atoms. The second-order valence-corrected chi connectivity index (χ2v) is 5.26. The minimum atomic E-state index is -0.408. The minimum absolute atomic E-state index is 0.00759. The van der Waals surface area contributed by atoms with Crippen LogP contribution in [-0.2, 0) is 16.0 Å². The molecule has 0 unspecified atom stereocenters. The third kappa shape index (κ3) is 3.10. The number of azo groups is 1. The maximum atomic E-state index is 11.6. The standard InChI is InChI=1S/C17H16N4O3/c1-11-7-8-15-18-13(9-16(23)24-2)17(21(15)10-11)20-19-12-5-3-4-6-14(12)22/h3-8,10,22H,9H2,1-2H3. The van der Waals surface area contributed by atoms with E-state index in [4.69, 9.17) is 4.74 Å². The number of para-hydroxylation sites is 1. The molecular formula is C17H16N4O3. The topological polar surface area (TPSA) is 88.5 Å². The van der Waals surface area contributed by atoms with E-state index in [0.717, 1.165) is 5.56 Å². The number of methoxy groups -OCH3 is 1. The average Bonchev–Trinajstić information content (AvgIpc) is 2.90. The summed E-state index contributed by atoms with van der Waals surface area (Å²) in [4.78, 5) is 16.0. The Morgan fingerprint density at radius 2 is 2.04 bits per heavy atom. The van der Waals surface area contributed by atoms with Gasteiger partial charge in [-0.3, -0.25) is 9.20 Å². The van der Waals surface area contributed by atoms with Crippen LogP contribution in [0.5, 0.6) is 5.75 Å². The molecule has 0 saturated carbocycles. The summed E-state index contributed by atoms with van der Waals surface area (Å²) in [5, 5.41) is 18.1. The number of carbonyl (C=O) groups excluding carboxylic acids is 1. The van der Waals surface area contributed by atoms with Crippen LogP contribution in [0.4, 0.5) is 11.5 Å². The lowest BCUT2D eigenvalue weighted by atomic mass is 10.3. The fourth-order valence-corrected chi connectivity index (χ4v) is 2.27. The lowest BCUT2D eigenvalue weighted by Crippen LogP contribution is -2.04. The summed E-state index contributed by atoms with van der Waals surface area (Å²) in [7, 11) is 1.32. The number of hydrogen-bond donors (Lipinski definition) is 1. The van der Waals surface area contributed by atoms with Gasteiger partial charge in [0, 0.05) is 6.20 Å². The summed E-state index contributed by atoms with van der Waals surface area (Å²) >= 11 is 0. The van der Waals surface area contributed by atoms with Crippen LogP contribution in [0.15, 0.2) is 52.8 Å². The summed E-state index contributed by atoms with van der Waals surface area (Å²) in [5.41, 5.74) is 2.48. The quantitative estimate of drug-likeness (QED) is 0.588. The van der Waals surface area contributed by atoms with Crippen LogP contribution in [0.3, 0.4) is 0 Å². The SMILES string of the molecule is COC(=O)Cc1nc2ccc(C)cn2c1N=Nc1ccccc1O. The van der Waals surface area contributed by atoms with Gasteiger partial charge in [0.2, 0.25) is 0 Å². The van der Waals surface area contributed by atoms with E-state index in [0.29, 0.717) is 22.8 Å². The van der Waals surface area contributed by atoms with Crippen LogP contribution in [-0.4, -0.2) is 27.6 Å². The van der Waals surface area contributed by atoms with Crippen molar-refractivity contribution in [3.05, 3.63) is 53.9 Å². The van der Waals surface area contributed by atoms with Gasteiger partial charge >= 0.3 is 5.97 Å². The number of phenolic OH excluding ortho intramolecular Hbond substituents is 1. The molecule has 0 aliphatic carbocycles. The lowest BCUT2D eigenvalue weighted by Gasteiger charge is -2.00. The van der Waals surface area contributed by atoms with Crippen molar-refractivity contribution < 1.29 is 14.6 Å². The molecule has 0 radical (unpaired) electrons. The maximum absolute atomic E-state index is 11.6. The molecule has 0 saturated heterocycles. The van der Waals surface area contributed by atoms with Gasteiger partial charge < -0.3 is 9.84 Å². The van der Waals surface area contributed by atoms with Crippen molar-refractivity contribution >= 4 is 23.1 Å². The highest BCUT2D eigenvalue weighted by molar-refractivity contribution is 5.74. The van der Waals surface area contributed by atoms with Crippen LogP contribution >= 0.6 is 0 Å². The molecule has 7 nitrogen and oxygen atoms in total. The van der Waals surface area contributed by atoms with Gasteiger partial charge in [0.25, 0.3) is 0 Å². The second-order valence-electron chi connectivity index (χ2n) is 5.26. The number of carbonyl (C=O) groups is 1. The molecule has 0 aliphatic rings. The normalized spacial score (nSPS) is 11.2. The Bertz CT molecular complexity index is 931. The highest BCUT2D eigenvalue weighted by Gasteiger charge is 2.16. The number of fused-ring (bicyclic) bond motifs is 1. The van der Waals surface area contributed by atoms with Gasteiger partial charge in [0.15, 0.2) is 5.82 Å². The van der Waals surface area contributed by atoms with Crippen molar-refractivity contribution in [1.29, 1.82) is 0 Å². The number of hydrogen-bond acceptors (Lipinski definition) is 6. The largest absolute Gasteiger partial charge is 0.506 e. The first-order valence-electron chi connectivity index (χ1n) is 7.32. The molecule has 7 heteroatoms. The molecule has 3 aromatic rings. The number of imidazole rings is 1. The number of aryl methyl sites for hydroxylation is 1. The van der Waals surface area contributed by atoms with Gasteiger partial charge in [-0.1, -0.05) is 18.2 Å². The van der Waals surface area contributed by atoms with Crippen molar-refractivity contribution in [2.24, 2.45) is 10.2 Å². The van der Waals surface area contributed by atoms with Crippen molar-refractivity contribution in [3.8, 4) is 5.75 Å². The van der Waals surface area contributed by atoms with Crippen LogP contribution in [0.25, 0.3) is 5.65 Å².